The van der Waals surface area contributed by atoms with Crippen LogP contribution in [-0.4, -0.2) is 13.1 Å². The van der Waals surface area contributed by atoms with Crippen molar-refractivity contribution in [3.05, 3.63) is 51.0 Å². The molecule has 0 N–H and O–H groups in total. The summed E-state index contributed by atoms with van der Waals surface area (Å²) in [6.07, 6.45) is 3.50. The van der Waals surface area contributed by atoms with Gasteiger partial charge in [0.2, 0.25) is 0 Å². The van der Waals surface area contributed by atoms with Gasteiger partial charge in [-0.1, -0.05) is 67.2 Å². The third-order valence-electron chi connectivity index (χ3n) is 0.566. The minimum absolute atomic E-state index is 0.250. The summed E-state index contributed by atoms with van der Waals surface area (Å²) in [5, 5.41) is 0. The average Bonchev–Trinajstić information content (AvgIpc) is 2.25. The maximum Gasteiger partial charge on any atom is 0.0267 e. The number of pyridine rings is 1. The van der Waals surface area contributed by atoms with E-state index in [0.29, 0.717) is 0 Å². The molecule has 1 rings (SSSR count). The minimum Gasteiger partial charge on any atom is -0.265 e. The van der Waals surface area contributed by atoms with E-state index in [1.54, 1.807) is 12.4 Å². The zero-order valence-corrected chi connectivity index (χ0v) is 20.9. The molecule has 0 aliphatic rings. The third kappa shape index (κ3) is 290. The number of rotatable bonds is 0. The molecule has 0 aliphatic carbocycles. The molecule has 145 valence electrons. The van der Waals surface area contributed by atoms with Gasteiger partial charge >= 0.3 is 24.8 Å². The quantitative estimate of drug-likeness (QED) is 0.296. The first-order valence-corrected chi connectivity index (χ1v) is 13.6. The molecule has 1 aromatic rings. The monoisotopic (exact) mass is 527 g/mol. The Morgan fingerprint density at radius 3 is 1.00 bits per heavy atom. The molecule has 1 heterocycles. The number of hydrogen-bond donors (Lipinski definition) is 0. The van der Waals surface area contributed by atoms with Crippen LogP contribution in [0.3, 0.4) is 0 Å². The largest absolute Gasteiger partial charge is 0.265 e. The van der Waals surface area contributed by atoms with Crippen LogP contribution in [0.15, 0.2) is 30.6 Å². The Bertz CT molecular complexity index is 311. The van der Waals surface area contributed by atoms with Crippen LogP contribution >= 0.6 is 0 Å². The first-order valence-electron chi connectivity index (χ1n) is 7.72. The van der Waals surface area contributed by atoms with Crippen molar-refractivity contribution in [1.82, 2.24) is 4.98 Å². The van der Waals surface area contributed by atoms with Gasteiger partial charge in [-0.25, -0.2) is 0 Å². The zero-order valence-electron chi connectivity index (χ0n) is 17.1. The summed E-state index contributed by atoms with van der Waals surface area (Å²) in [5.74, 6) is 0. The van der Waals surface area contributed by atoms with Crippen molar-refractivity contribution in [2.45, 2.75) is 61.2 Å². The van der Waals surface area contributed by atoms with Crippen LogP contribution in [0, 0.1) is 31.2 Å². The zero-order chi connectivity index (χ0) is 20.4. The SMILES string of the molecule is [CH2-]C(C)(C)C.[CH2-]C(C)(C)C.[CH2-][Si](C)(C)C.[O]=[Re]=[O].c1ccncc1. The summed E-state index contributed by atoms with van der Waals surface area (Å²) in [6.45, 7) is 30.6. The van der Waals surface area contributed by atoms with E-state index in [2.05, 4.69) is 86.6 Å². The Morgan fingerprint density at radius 2 is 0.958 bits per heavy atom. The predicted octanol–water partition coefficient (Wildman–Crippen LogP) is 6.27. The smallest absolute Gasteiger partial charge is 0.0267 e. The van der Waals surface area contributed by atoms with Crippen molar-refractivity contribution in [2.24, 2.45) is 10.8 Å². The summed E-state index contributed by atoms with van der Waals surface area (Å²) in [7, 11) is -0.861. The molecule has 1 aromatic heterocycles. The Kier molecular flexibility index (Phi) is 22.8. The minimum atomic E-state index is -2.17. The van der Waals surface area contributed by atoms with Gasteiger partial charge in [-0.2, -0.15) is 10.8 Å². The molecule has 0 saturated carbocycles. The van der Waals surface area contributed by atoms with Crippen LogP contribution in [0.4, 0.5) is 0 Å². The van der Waals surface area contributed by atoms with E-state index in [4.69, 9.17) is 6.94 Å². The van der Waals surface area contributed by atoms with Crippen molar-refractivity contribution < 1.29 is 24.8 Å². The fourth-order valence-electron chi connectivity index (χ4n) is 0.313. The van der Waals surface area contributed by atoms with Gasteiger partial charge in [0, 0.05) is 12.4 Å². The molecule has 0 saturated heterocycles. The van der Waals surface area contributed by atoms with E-state index in [-0.39, 0.29) is 10.8 Å². The second kappa shape index (κ2) is 17.5. The summed E-state index contributed by atoms with van der Waals surface area (Å²) in [5.41, 5.74) is 0.500. The Hall–Kier alpha value is -0.371. The van der Waals surface area contributed by atoms with Gasteiger partial charge in [0.05, 0.1) is 0 Å². The van der Waals surface area contributed by atoms with Crippen molar-refractivity contribution in [3.8, 4) is 0 Å². The van der Waals surface area contributed by atoms with Crippen molar-refractivity contribution in [1.29, 1.82) is 0 Å². The molecule has 0 amide bonds. The molecule has 0 aromatic carbocycles. The number of aromatic nitrogens is 1. The molecular weight excluding hydrogens is 489 g/mol. The van der Waals surface area contributed by atoms with E-state index in [0.717, 1.165) is 0 Å². The van der Waals surface area contributed by atoms with Gasteiger partial charge in [-0.3, -0.25) is 4.98 Å². The number of nitrogens with zero attached hydrogens (tertiary/aromatic N) is 1. The molecular formula is C19H38NO2ReSi-3. The van der Waals surface area contributed by atoms with E-state index in [9.17, 15) is 0 Å². The molecule has 0 fully saturated rings. The van der Waals surface area contributed by atoms with Crippen molar-refractivity contribution >= 4 is 8.07 Å². The van der Waals surface area contributed by atoms with Gasteiger partial charge in [-0.05, 0) is 12.1 Å². The molecule has 0 bridgehead atoms. The molecule has 0 radical (unpaired) electrons. The Labute approximate surface area is 160 Å². The fourth-order valence-corrected chi connectivity index (χ4v) is 0.313. The van der Waals surface area contributed by atoms with Crippen LogP contribution in [0.5, 0.6) is 0 Å². The Morgan fingerprint density at radius 1 is 0.792 bits per heavy atom. The number of hydrogen-bond acceptors (Lipinski definition) is 3. The fraction of sp³-hybridized carbons (Fsp3) is 0.579. The maximum atomic E-state index is 8.53. The van der Waals surface area contributed by atoms with E-state index < -0.39 is 26.0 Å². The van der Waals surface area contributed by atoms with E-state index in [1.165, 1.54) is 0 Å². The average molecular weight is 527 g/mol. The summed E-state index contributed by atoms with van der Waals surface area (Å²) < 4.78 is 17.1. The van der Waals surface area contributed by atoms with Crippen molar-refractivity contribution in [2.75, 3.05) is 0 Å². The van der Waals surface area contributed by atoms with Crippen LogP contribution in [0.25, 0.3) is 0 Å². The van der Waals surface area contributed by atoms with Gasteiger partial charge in [0.1, 0.15) is 0 Å². The standard InChI is InChI=1S/C5H5N.2C5H11.C4H11Si.2O.Re/c1-2-4-6-5-3-1;3*1-5(2,3)4;;;/h1-5H;3*1H2,2-4H3;;;/q;3*-1;;;. The van der Waals surface area contributed by atoms with Crippen LogP contribution in [0.1, 0.15) is 41.5 Å². The van der Waals surface area contributed by atoms with Crippen LogP contribution < -0.4 is 0 Å². The molecule has 3 nitrogen and oxygen atoms in total. The predicted molar refractivity (Wildman–Crippen MR) is 104 cm³/mol. The van der Waals surface area contributed by atoms with Gasteiger partial charge in [0.25, 0.3) is 0 Å². The second-order valence-electron chi connectivity index (χ2n) is 8.77. The summed E-state index contributed by atoms with van der Waals surface area (Å²) >= 11 is -2.17. The summed E-state index contributed by atoms with van der Waals surface area (Å²) in [4.78, 5) is 3.78. The maximum absolute atomic E-state index is 8.53. The molecule has 0 aliphatic heterocycles. The van der Waals surface area contributed by atoms with E-state index in [1.807, 2.05) is 18.2 Å². The molecule has 5 heteroatoms. The Balaban J connectivity index is -0.000000106. The molecule has 0 spiro atoms. The first-order chi connectivity index (χ1) is 10.4. The van der Waals surface area contributed by atoms with Gasteiger partial charge < -0.3 is 20.4 Å². The van der Waals surface area contributed by atoms with Gasteiger partial charge in [0.15, 0.2) is 0 Å². The molecule has 0 atom stereocenters. The molecule has 24 heavy (non-hydrogen) atoms. The van der Waals surface area contributed by atoms with E-state index >= 15 is 0 Å². The summed E-state index contributed by atoms with van der Waals surface area (Å²) in [6, 6.07) is 5.72. The first kappa shape index (κ1) is 31.4. The third-order valence-corrected chi connectivity index (χ3v) is 0.566. The second-order valence-corrected chi connectivity index (χ2v) is 14.3. The van der Waals surface area contributed by atoms with Crippen LogP contribution in [-0.2, 0) is 24.8 Å². The van der Waals surface area contributed by atoms with Gasteiger partial charge in [-0.15, -0.1) is 8.07 Å². The van der Waals surface area contributed by atoms with Crippen molar-refractivity contribution in [3.63, 3.8) is 0 Å². The normalized spacial score (nSPS) is 10.0. The molecule has 0 unspecified atom stereocenters. The topological polar surface area (TPSA) is 47.0 Å². The van der Waals surface area contributed by atoms with Crippen LogP contribution in [0.2, 0.25) is 19.6 Å².